The molecule has 1 heterocycles. The Bertz CT molecular complexity index is 554. The highest BCUT2D eigenvalue weighted by Gasteiger charge is 2.20. The summed E-state index contributed by atoms with van der Waals surface area (Å²) in [7, 11) is 0. The Balaban J connectivity index is 1.70. The molecule has 26 heavy (non-hydrogen) atoms. The third-order valence-corrected chi connectivity index (χ3v) is 5.68. The van der Waals surface area contributed by atoms with Gasteiger partial charge in [0.05, 0.1) is 0 Å². The molecule has 1 saturated heterocycles. The topological polar surface area (TPSA) is 21.8 Å². The molecule has 1 N–H and O–H groups in total. The summed E-state index contributed by atoms with van der Waals surface area (Å²) in [5.41, 5.74) is 0.583. The van der Waals surface area contributed by atoms with Crippen LogP contribution in [0, 0.1) is 5.82 Å². The molecule has 2 rings (SSSR count). The molecule has 0 aliphatic carbocycles. The van der Waals surface area contributed by atoms with E-state index >= 15 is 0 Å². The summed E-state index contributed by atoms with van der Waals surface area (Å²) in [4.78, 5) is 6.84. The number of hydrogen-bond donors (Lipinski definition) is 1. The fourth-order valence-corrected chi connectivity index (χ4v) is 3.67. The van der Waals surface area contributed by atoms with Crippen molar-refractivity contribution in [2.75, 3.05) is 52.4 Å². The van der Waals surface area contributed by atoms with E-state index in [0.717, 1.165) is 63.9 Å². The van der Waals surface area contributed by atoms with Crippen LogP contribution < -0.4 is 5.32 Å². The van der Waals surface area contributed by atoms with Crippen molar-refractivity contribution in [3.05, 3.63) is 34.6 Å². The lowest BCUT2D eigenvalue weighted by Gasteiger charge is -2.36. The third kappa shape index (κ3) is 6.34. The van der Waals surface area contributed by atoms with Gasteiger partial charge < -0.3 is 15.1 Å². The number of piperazine rings is 1. The first kappa shape index (κ1) is 21.4. The van der Waals surface area contributed by atoms with Crippen LogP contribution in [0.15, 0.2) is 18.2 Å². The van der Waals surface area contributed by atoms with E-state index in [4.69, 9.17) is 23.8 Å². The zero-order chi connectivity index (χ0) is 18.9. The van der Waals surface area contributed by atoms with Crippen molar-refractivity contribution >= 4 is 28.9 Å². The van der Waals surface area contributed by atoms with E-state index in [9.17, 15) is 4.39 Å². The number of halogens is 2. The van der Waals surface area contributed by atoms with Gasteiger partial charge in [0.15, 0.2) is 5.11 Å². The normalized spacial score (nSPS) is 15.5. The molecule has 0 unspecified atom stereocenters. The van der Waals surface area contributed by atoms with Gasteiger partial charge in [-0.2, -0.15) is 0 Å². The minimum Gasteiger partial charge on any atom is -0.363 e. The van der Waals surface area contributed by atoms with E-state index < -0.39 is 0 Å². The number of nitrogens with one attached hydrogen (secondary N) is 1. The lowest BCUT2D eigenvalue weighted by Crippen LogP contribution is -2.51. The van der Waals surface area contributed by atoms with Gasteiger partial charge in [-0.05, 0) is 50.4 Å². The lowest BCUT2D eigenvalue weighted by atomic mass is 10.2. The Morgan fingerprint density at radius 2 is 1.92 bits per heavy atom. The summed E-state index contributed by atoms with van der Waals surface area (Å²) in [6.07, 6.45) is 1.09. The molecular formula is C19H30ClFN4S. The van der Waals surface area contributed by atoms with Crippen molar-refractivity contribution in [3.63, 3.8) is 0 Å². The molecular weight excluding hydrogens is 371 g/mol. The molecule has 146 valence electrons. The highest BCUT2D eigenvalue weighted by molar-refractivity contribution is 7.80. The average Bonchev–Trinajstić information content (AvgIpc) is 2.65. The van der Waals surface area contributed by atoms with Crippen LogP contribution in [0.5, 0.6) is 0 Å². The third-order valence-electron chi connectivity index (χ3n) is 4.92. The van der Waals surface area contributed by atoms with Crippen LogP contribution in [0.25, 0.3) is 0 Å². The molecule has 1 aromatic carbocycles. The SMILES string of the molecule is CCN(CC)CCCNC(=S)N1CCN(Cc2c(F)cccc2Cl)CC1. The van der Waals surface area contributed by atoms with Gasteiger partial charge in [0.1, 0.15) is 5.82 Å². The van der Waals surface area contributed by atoms with Gasteiger partial charge in [-0.15, -0.1) is 0 Å². The van der Waals surface area contributed by atoms with Crippen LogP contribution in [0.2, 0.25) is 5.02 Å². The number of thiocarbonyl (C=S) groups is 1. The van der Waals surface area contributed by atoms with E-state index in [2.05, 4.69) is 33.9 Å². The van der Waals surface area contributed by atoms with Gasteiger partial charge >= 0.3 is 0 Å². The molecule has 1 aliphatic heterocycles. The zero-order valence-electron chi connectivity index (χ0n) is 15.8. The molecule has 0 bridgehead atoms. The Labute approximate surface area is 167 Å². The number of rotatable bonds is 8. The standard InChI is InChI=1S/C19H30ClFN4S/c1-3-23(4-2)10-6-9-22-19(26)25-13-11-24(12-14-25)15-16-17(20)7-5-8-18(16)21/h5,7-8H,3-4,6,9-15H2,1-2H3,(H,22,26). The quantitative estimate of drug-likeness (QED) is 0.533. The highest BCUT2D eigenvalue weighted by atomic mass is 35.5. The van der Waals surface area contributed by atoms with E-state index in [1.807, 2.05) is 0 Å². The largest absolute Gasteiger partial charge is 0.363 e. The van der Waals surface area contributed by atoms with Gasteiger partial charge in [0.2, 0.25) is 0 Å². The van der Waals surface area contributed by atoms with E-state index in [1.54, 1.807) is 12.1 Å². The van der Waals surface area contributed by atoms with Crippen LogP contribution in [0.1, 0.15) is 25.8 Å². The Hall–Kier alpha value is -0.950. The highest BCUT2D eigenvalue weighted by Crippen LogP contribution is 2.21. The van der Waals surface area contributed by atoms with Crippen molar-refractivity contribution in [1.29, 1.82) is 0 Å². The summed E-state index contributed by atoms with van der Waals surface area (Å²) >= 11 is 11.7. The Morgan fingerprint density at radius 3 is 2.54 bits per heavy atom. The van der Waals surface area contributed by atoms with E-state index in [-0.39, 0.29) is 5.82 Å². The second-order valence-corrected chi connectivity index (χ2v) is 7.37. The second-order valence-electron chi connectivity index (χ2n) is 6.58. The van der Waals surface area contributed by atoms with Crippen molar-refractivity contribution in [2.45, 2.75) is 26.8 Å². The minimum absolute atomic E-state index is 0.231. The predicted octanol–water partition coefficient (Wildman–Crippen LogP) is 3.20. The molecule has 0 amide bonds. The van der Waals surface area contributed by atoms with E-state index in [0.29, 0.717) is 17.1 Å². The smallest absolute Gasteiger partial charge is 0.169 e. The summed E-state index contributed by atoms with van der Waals surface area (Å²) in [5.74, 6) is -0.231. The van der Waals surface area contributed by atoms with Crippen LogP contribution in [0.4, 0.5) is 4.39 Å². The van der Waals surface area contributed by atoms with Gasteiger partial charge in [-0.1, -0.05) is 31.5 Å². The monoisotopic (exact) mass is 400 g/mol. The van der Waals surface area contributed by atoms with Gasteiger partial charge in [0.25, 0.3) is 0 Å². The van der Waals surface area contributed by atoms with Crippen LogP contribution >= 0.6 is 23.8 Å². The molecule has 0 aromatic heterocycles. The maximum Gasteiger partial charge on any atom is 0.169 e. The summed E-state index contributed by atoms with van der Waals surface area (Å²) < 4.78 is 13.9. The van der Waals surface area contributed by atoms with Crippen molar-refractivity contribution in [2.24, 2.45) is 0 Å². The second kappa shape index (κ2) is 11.0. The molecule has 0 radical (unpaired) electrons. The van der Waals surface area contributed by atoms with Crippen molar-refractivity contribution in [1.82, 2.24) is 20.0 Å². The number of nitrogens with zero attached hydrogens (tertiary/aromatic N) is 3. The van der Waals surface area contributed by atoms with Crippen molar-refractivity contribution < 1.29 is 4.39 Å². The summed E-state index contributed by atoms with van der Waals surface area (Å²) in [6, 6.07) is 4.85. The first-order valence-corrected chi connectivity index (χ1v) is 10.2. The van der Waals surface area contributed by atoms with Gasteiger partial charge in [-0.25, -0.2) is 4.39 Å². The van der Waals surface area contributed by atoms with E-state index in [1.165, 1.54) is 6.07 Å². The average molecular weight is 401 g/mol. The van der Waals surface area contributed by atoms with Crippen LogP contribution in [-0.2, 0) is 6.54 Å². The first-order valence-electron chi connectivity index (χ1n) is 9.45. The Morgan fingerprint density at radius 1 is 1.23 bits per heavy atom. The molecule has 0 saturated carbocycles. The lowest BCUT2D eigenvalue weighted by molar-refractivity contribution is 0.173. The predicted molar refractivity (Wildman–Crippen MR) is 111 cm³/mol. The molecule has 0 spiro atoms. The first-order chi connectivity index (χ1) is 12.5. The zero-order valence-corrected chi connectivity index (χ0v) is 17.4. The molecule has 1 aromatic rings. The van der Waals surface area contributed by atoms with Gasteiger partial charge in [-0.3, -0.25) is 4.90 Å². The summed E-state index contributed by atoms with van der Waals surface area (Å²) in [5, 5.41) is 4.69. The van der Waals surface area contributed by atoms with Gasteiger partial charge in [0, 0.05) is 49.9 Å². The van der Waals surface area contributed by atoms with Crippen LogP contribution in [0.3, 0.4) is 0 Å². The fraction of sp³-hybridized carbons (Fsp3) is 0.632. The maximum absolute atomic E-state index is 13.9. The summed E-state index contributed by atoms with van der Waals surface area (Å²) in [6.45, 7) is 12.5. The fourth-order valence-electron chi connectivity index (χ4n) is 3.17. The number of benzene rings is 1. The molecule has 1 aliphatic rings. The van der Waals surface area contributed by atoms with Crippen molar-refractivity contribution in [3.8, 4) is 0 Å². The molecule has 4 nitrogen and oxygen atoms in total. The van der Waals surface area contributed by atoms with Crippen LogP contribution in [-0.4, -0.2) is 72.2 Å². The maximum atomic E-state index is 13.9. The Kier molecular flexibility index (Phi) is 9.05. The number of hydrogen-bond acceptors (Lipinski definition) is 3. The molecule has 7 heteroatoms. The molecule has 1 fully saturated rings. The molecule has 0 atom stereocenters. The minimum atomic E-state index is -0.231.